The number of β-amino-alcohol motifs (C(OH)–C–C–N with tert-alkyl or cyclic N) is 1. The van der Waals surface area contributed by atoms with Crippen LogP contribution in [0.2, 0.25) is 0 Å². The van der Waals surface area contributed by atoms with E-state index in [9.17, 15) is 9.90 Å². The highest BCUT2D eigenvalue weighted by Gasteiger charge is 2.22. The molecule has 0 radical (unpaired) electrons. The molecule has 3 rings (SSSR count). The first-order valence-corrected chi connectivity index (χ1v) is 7.74. The summed E-state index contributed by atoms with van der Waals surface area (Å²) in [6.07, 6.45) is 1.30. The maximum atomic E-state index is 12.1. The van der Waals surface area contributed by atoms with Crippen molar-refractivity contribution < 1.29 is 9.90 Å². The number of carbonyl (C=O) groups is 1. The number of piperidine rings is 1. The summed E-state index contributed by atoms with van der Waals surface area (Å²) >= 11 is 1.41. The number of H-pyrrole nitrogens is 1. The van der Waals surface area contributed by atoms with Crippen molar-refractivity contribution in [3.05, 3.63) is 24.3 Å². The Hall–Kier alpha value is -1.53. The maximum Gasteiger partial charge on any atom is 0.233 e. The number of aliphatic hydroxyl groups excluding tert-OH is 1. The number of amides is 1. The van der Waals surface area contributed by atoms with Crippen LogP contribution in [0.25, 0.3) is 11.0 Å². The van der Waals surface area contributed by atoms with Gasteiger partial charge in [0.15, 0.2) is 5.16 Å². The van der Waals surface area contributed by atoms with E-state index < -0.39 is 0 Å². The van der Waals surface area contributed by atoms with Gasteiger partial charge in [0.2, 0.25) is 5.91 Å². The second-order valence-corrected chi connectivity index (χ2v) is 5.95. The predicted octanol–water partition coefficient (Wildman–Crippen LogP) is 1.64. The molecule has 2 heterocycles. The second-order valence-electron chi connectivity index (χ2n) is 4.98. The van der Waals surface area contributed by atoms with Crippen molar-refractivity contribution in [2.24, 2.45) is 0 Å². The Bertz CT molecular complexity index is 580. The van der Waals surface area contributed by atoms with Crippen molar-refractivity contribution in [2.45, 2.75) is 24.1 Å². The van der Waals surface area contributed by atoms with Crippen LogP contribution in [0.4, 0.5) is 0 Å². The molecule has 1 fully saturated rings. The van der Waals surface area contributed by atoms with Gasteiger partial charge in [0.05, 0.1) is 22.9 Å². The van der Waals surface area contributed by atoms with Gasteiger partial charge in [0.25, 0.3) is 0 Å². The molecule has 1 saturated heterocycles. The summed E-state index contributed by atoms with van der Waals surface area (Å²) in [5, 5.41) is 10.4. The van der Waals surface area contributed by atoms with E-state index in [1.165, 1.54) is 11.8 Å². The molecule has 2 aromatic rings. The number of carbonyl (C=O) groups excluding carboxylic acids is 1. The van der Waals surface area contributed by atoms with E-state index in [0.717, 1.165) is 35.6 Å². The normalized spacial score (nSPS) is 19.4. The zero-order valence-corrected chi connectivity index (χ0v) is 11.9. The molecule has 1 unspecified atom stereocenters. The van der Waals surface area contributed by atoms with Crippen LogP contribution in [0.5, 0.6) is 0 Å². The van der Waals surface area contributed by atoms with Crippen LogP contribution in [-0.4, -0.2) is 50.8 Å². The van der Waals surface area contributed by atoms with Crippen molar-refractivity contribution in [3.8, 4) is 0 Å². The second kappa shape index (κ2) is 5.85. The number of thioether (sulfide) groups is 1. The van der Waals surface area contributed by atoms with E-state index in [2.05, 4.69) is 9.97 Å². The lowest BCUT2D eigenvalue weighted by molar-refractivity contribution is -0.131. The molecule has 1 aliphatic rings. The average Bonchev–Trinajstić information content (AvgIpc) is 2.87. The number of hydrogen-bond donors (Lipinski definition) is 2. The van der Waals surface area contributed by atoms with Crippen LogP contribution in [-0.2, 0) is 4.79 Å². The summed E-state index contributed by atoms with van der Waals surface area (Å²) in [7, 11) is 0. The Kier molecular flexibility index (Phi) is 3.93. The van der Waals surface area contributed by atoms with E-state index in [1.54, 1.807) is 4.90 Å². The smallest absolute Gasteiger partial charge is 0.233 e. The Morgan fingerprint density at radius 1 is 1.50 bits per heavy atom. The first-order chi connectivity index (χ1) is 9.72. The molecular weight excluding hydrogens is 274 g/mol. The van der Waals surface area contributed by atoms with Crippen molar-refractivity contribution in [2.75, 3.05) is 18.8 Å². The molecule has 1 aromatic carbocycles. The first kappa shape index (κ1) is 13.5. The molecule has 1 atom stereocenters. The topological polar surface area (TPSA) is 69.2 Å². The number of rotatable bonds is 3. The third-order valence-corrected chi connectivity index (χ3v) is 4.31. The van der Waals surface area contributed by atoms with Gasteiger partial charge in [-0.3, -0.25) is 4.79 Å². The third kappa shape index (κ3) is 2.96. The predicted molar refractivity (Wildman–Crippen MR) is 78.6 cm³/mol. The molecule has 0 saturated carbocycles. The highest BCUT2D eigenvalue weighted by molar-refractivity contribution is 7.99. The molecule has 20 heavy (non-hydrogen) atoms. The molecule has 106 valence electrons. The molecule has 0 spiro atoms. The number of aliphatic hydroxyl groups is 1. The Morgan fingerprint density at radius 2 is 2.35 bits per heavy atom. The van der Waals surface area contributed by atoms with Crippen LogP contribution in [0.1, 0.15) is 12.8 Å². The highest BCUT2D eigenvalue weighted by atomic mass is 32.2. The molecule has 0 aliphatic carbocycles. The minimum absolute atomic E-state index is 0.0641. The molecule has 1 amide bonds. The lowest BCUT2D eigenvalue weighted by Gasteiger charge is -2.29. The molecule has 1 aromatic heterocycles. The molecule has 5 nitrogen and oxygen atoms in total. The summed E-state index contributed by atoms with van der Waals surface area (Å²) < 4.78 is 0. The third-order valence-electron chi connectivity index (χ3n) is 3.45. The quantitative estimate of drug-likeness (QED) is 0.844. The number of imidazole rings is 1. The van der Waals surface area contributed by atoms with Gasteiger partial charge in [-0.15, -0.1) is 0 Å². The van der Waals surface area contributed by atoms with Crippen LogP contribution in [0.15, 0.2) is 29.4 Å². The van der Waals surface area contributed by atoms with Crippen LogP contribution < -0.4 is 0 Å². The average molecular weight is 291 g/mol. The Morgan fingerprint density at radius 3 is 3.15 bits per heavy atom. The minimum Gasteiger partial charge on any atom is -0.391 e. The lowest BCUT2D eigenvalue weighted by atomic mass is 10.1. The van der Waals surface area contributed by atoms with Crippen molar-refractivity contribution in [1.82, 2.24) is 14.9 Å². The van der Waals surface area contributed by atoms with Gasteiger partial charge < -0.3 is 15.0 Å². The number of likely N-dealkylation sites (tertiary alicyclic amines) is 1. The van der Waals surface area contributed by atoms with Gasteiger partial charge in [-0.2, -0.15) is 0 Å². The number of aromatic nitrogens is 2. The first-order valence-electron chi connectivity index (χ1n) is 6.76. The van der Waals surface area contributed by atoms with Crippen molar-refractivity contribution in [1.29, 1.82) is 0 Å². The van der Waals surface area contributed by atoms with Gasteiger partial charge in [-0.05, 0) is 25.0 Å². The number of nitrogens with zero attached hydrogens (tertiary/aromatic N) is 2. The van der Waals surface area contributed by atoms with Crippen LogP contribution >= 0.6 is 11.8 Å². The monoisotopic (exact) mass is 291 g/mol. The number of fused-ring (bicyclic) bond motifs is 1. The Balaban J connectivity index is 1.59. The fraction of sp³-hybridized carbons (Fsp3) is 0.429. The van der Waals surface area contributed by atoms with E-state index in [4.69, 9.17) is 0 Å². The number of benzene rings is 1. The van der Waals surface area contributed by atoms with Gasteiger partial charge in [-0.25, -0.2) is 4.98 Å². The zero-order chi connectivity index (χ0) is 13.9. The fourth-order valence-corrected chi connectivity index (χ4v) is 3.19. The molecular formula is C14H17N3O2S. The van der Waals surface area contributed by atoms with Crippen LogP contribution in [0, 0.1) is 0 Å². The summed E-state index contributed by atoms with van der Waals surface area (Å²) in [6.45, 7) is 1.20. The number of hydrogen-bond acceptors (Lipinski definition) is 4. The molecule has 2 N–H and O–H groups in total. The van der Waals surface area contributed by atoms with E-state index >= 15 is 0 Å². The van der Waals surface area contributed by atoms with E-state index in [0.29, 0.717) is 12.3 Å². The lowest BCUT2D eigenvalue weighted by Crippen LogP contribution is -2.42. The summed E-state index contributed by atoms with van der Waals surface area (Å²) in [5.74, 6) is 0.418. The fourth-order valence-electron chi connectivity index (χ4n) is 2.40. The van der Waals surface area contributed by atoms with Crippen LogP contribution in [0.3, 0.4) is 0 Å². The molecule has 0 bridgehead atoms. The molecule has 6 heteroatoms. The number of aromatic amines is 1. The van der Waals surface area contributed by atoms with E-state index in [-0.39, 0.29) is 12.0 Å². The zero-order valence-electron chi connectivity index (χ0n) is 11.1. The number of nitrogens with one attached hydrogen (secondary N) is 1. The van der Waals surface area contributed by atoms with Crippen molar-refractivity contribution >= 4 is 28.7 Å². The Labute approximate surface area is 121 Å². The van der Waals surface area contributed by atoms with Gasteiger partial charge in [-0.1, -0.05) is 23.9 Å². The summed E-state index contributed by atoms with van der Waals surface area (Å²) in [4.78, 5) is 21.5. The van der Waals surface area contributed by atoms with Gasteiger partial charge in [0, 0.05) is 13.1 Å². The number of para-hydroxylation sites is 2. The standard InChI is InChI=1S/C14H17N3O2S/c18-10-4-3-7-17(8-10)13(19)9-20-14-15-11-5-1-2-6-12(11)16-14/h1-2,5-6,10,18H,3-4,7-9H2,(H,15,16). The minimum atomic E-state index is -0.371. The van der Waals surface area contributed by atoms with E-state index in [1.807, 2.05) is 24.3 Å². The van der Waals surface area contributed by atoms with Crippen molar-refractivity contribution in [3.63, 3.8) is 0 Å². The largest absolute Gasteiger partial charge is 0.391 e. The van der Waals surface area contributed by atoms with Gasteiger partial charge in [0.1, 0.15) is 0 Å². The molecule has 1 aliphatic heterocycles. The summed E-state index contributed by atoms with van der Waals surface area (Å²) in [6, 6.07) is 7.81. The van der Waals surface area contributed by atoms with Gasteiger partial charge >= 0.3 is 0 Å². The summed E-state index contributed by atoms with van der Waals surface area (Å²) in [5.41, 5.74) is 1.90. The maximum absolute atomic E-state index is 12.1. The SMILES string of the molecule is O=C(CSc1nc2ccccc2[nH]1)N1CCCC(O)C1. The highest BCUT2D eigenvalue weighted by Crippen LogP contribution is 2.20.